The van der Waals surface area contributed by atoms with E-state index in [1.165, 1.54) is 0 Å². The average molecular weight is 575 g/mol. The number of benzene rings is 5. The Balaban J connectivity index is 1.79. The van der Waals surface area contributed by atoms with Crippen LogP contribution in [0.3, 0.4) is 0 Å². The zero-order valence-corrected chi connectivity index (χ0v) is 24.8. The SMILES string of the molecule is CCC(=O)Oc1ccc(C(C)(c2cccc3c(OC(=O)CC)cccc23)c2cccc3c(OC(=O)CC)cccc23)cc1. The number of hydrogen-bond acceptors (Lipinski definition) is 6. The Morgan fingerprint density at radius 3 is 1.35 bits per heavy atom. The molecule has 218 valence electrons. The normalized spacial score (nSPS) is 11.3. The van der Waals surface area contributed by atoms with Crippen LogP contribution in [0.2, 0.25) is 0 Å². The second-order valence-electron chi connectivity index (χ2n) is 10.4. The van der Waals surface area contributed by atoms with Gasteiger partial charge in [0.25, 0.3) is 0 Å². The van der Waals surface area contributed by atoms with Crippen molar-refractivity contribution in [1.82, 2.24) is 0 Å². The third kappa shape index (κ3) is 5.73. The van der Waals surface area contributed by atoms with Gasteiger partial charge < -0.3 is 14.2 Å². The lowest BCUT2D eigenvalue weighted by molar-refractivity contribution is -0.134. The fraction of sp³-hybridized carbons (Fsp3) is 0.216. The molecule has 0 aliphatic carbocycles. The first-order valence-corrected chi connectivity index (χ1v) is 14.6. The first-order valence-electron chi connectivity index (χ1n) is 14.6. The van der Waals surface area contributed by atoms with Crippen LogP contribution in [-0.2, 0) is 19.8 Å². The van der Waals surface area contributed by atoms with Gasteiger partial charge in [0, 0.05) is 35.4 Å². The van der Waals surface area contributed by atoms with Crippen molar-refractivity contribution in [3.8, 4) is 17.2 Å². The van der Waals surface area contributed by atoms with Crippen LogP contribution in [0.4, 0.5) is 0 Å². The minimum Gasteiger partial charge on any atom is -0.427 e. The van der Waals surface area contributed by atoms with Gasteiger partial charge in [-0.25, -0.2) is 0 Å². The van der Waals surface area contributed by atoms with Gasteiger partial charge >= 0.3 is 17.9 Å². The van der Waals surface area contributed by atoms with Gasteiger partial charge in [-0.05, 0) is 58.7 Å². The summed E-state index contributed by atoms with van der Waals surface area (Å²) in [6.45, 7) is 7.44. The van der Waals surface area contributed by atoms with E-state index in [9.17, 15) is 14.4 Å². The number of ether oxygens (including phenoxy) is 3. The number of carbonyl (C=O) groups excluding carboxylic acids is 3. The molecule has 0 radical (unpaired) electrons. The van der Waals surface area contributed by atoms with Crippen molar-refractivity contribution in [1.29, 1.82) is 0 Å². The highest BCUT2D eigenvalue weighted by molar-refractivity contribution is 5.97. The molecule has 6 heteroatoms. The molecule has 0 amide bonds. The van der Waals surface area contributed by atoms with Crippen LogP contribution in [0.15, 0.2) is 97.1 Å². The molecule has 5 aromatic rings. The summed E-state index contributed by atoms with van der Waals surface area (Å²) < 4.78 is 16.9. The smallest absolute Gasteiger partial charge is 0.310 e. The first kappa shape index (κ1) is 29.5. The molecule has 0 unspecified atom stereocenters. The molecule has 0 heterocycles. The van der Waals surface area contributed by atoms with Crippen LogP contribution in [0, 0.1) is 0 Å². The highest BCUT2D eigenvalue weighted by atomic mass is 16.5. The van der Waals surface area contributed by atoms with Crippen LogP contribution < -0.4 is 14.2 Å². The minimum absolute atomic E-state index is 0.268. The topological polar surface area (TPSA) is 78.9 Å². The quantitative estimate of drug-likeness (QED) is 0.100. The average Bonchev–Trinajstić information content (AvgIpc) is 3.04. The Labute approximate surface area is 251 Å². The second-order valence-corrected chi connectivity index (χ2v) is 10.4. The molecule has 5 rings (SSSR count). The van der Waals surface area contributed by atoms with Crippen LogP contribution >= 0.6 is 0 Å². The lowest BCUT2D eigenvalue weighted by atomic mass is 9.68. The summed E-state index contributed by atoms with van der Waals surface area (Å²) in [6.07, 6.45) is 0.814. The van der Waals surface area contributed by atoms with Crippen molar-refractivity contribution in [2.75, 3.05) is 0 Å². The summed E-state index contributed by atoms with van der Waals surface area (Å²) >= 11 is 0. The van der Waals surface area contributed by atoms with Crippen LogP contribution in [0.1, 0.15) is 63.6 Å². The van der Waals surface area contributed by atoms with E-state index in [0.717, 1.165) is 38.2 Å². The van der Waals surface area contributed by atoms with Crippen molar-refractivity contribution >= 4 is 39.5 Å². The van der Waals surface area contributed by atoms with Crippen molar-refractivity contribution in [3.63, 3.8) is 0 Å². The van der Waals surface area contributed by atoms with E-state index in [-0.39, 0.29) is 37.2 Å². The molecular weight excluding hydrogens is 540 g/mol. The van der Waals surface area contributed by atoms with E-state index in [0.29, 0.717) is 17.2 Å². The number of fused-ring (bicyclic) bond motifs is 2. The Hall–Kier alpha value is -4.97. The van der Waals surface area contributed by atoms with Gasteiger partial charge in [-0.3, -0.25) is 14.4 Å². The zero-order chi connectivity index (χ0) is 30.6. The minimum atomic E-state index is -0.743. The first-order chi connectivity index (χ1) is 20.8. The number of rotatable bonds is 9. The van der Waals surface area contributed by atoms with Gasteiger partial charge in [-0.1, -0.05) is 93.6 Å². The summed E-state index contributed by atoms with van der Waals surface area (Å²) in [6, 6.07) is 31.0. The Kier molecular flexibility index (Phi) is 8.58. The molecule has 0 atom stereocenters. The maximum Gasteiger partial charge on any atom is 0.310 e. The standard InChI is InChI=1S/C37H34O6/c1-5-34(38)41-25-22-20-24(21-23-25)37(4,30-16-8-14-28-26(30)12-10-18-32(28)42-35(39)6-2)31-17-9-15-29-27(31)13-11-19-33(29)43-36(40)7-3/h8-23H,5-7H2,1-4H3. The predicted molar refractivity (Wildman–Crippen MR) is 168 cm³/mol. The largest absolute Gasteiger partial charge is 0.427 e. The third-order valence-corrected chi connectivity index (χ3v) is 7.82. The van der Waals surface area contributed by atoms with Crippen molar-refractivity contribution in [2.45, 2.75) is 52.4 Å². The summed E-state index contributed by atoms with van der Waals surface area (Å²) in [5, 5.41) is 3.50. The summed E-state index contributed by atoms with van der Waals surface area (Å²) in [4.78, 5) is 36.5. The molecule has 0 aromatic heterocycles. The van der Waals surface area contributed by atoms with E-state index < -0.39 is 5.41 Å². The van der Waals surface area contributed by atoms with E-state index >= 15 is 0 Å². The molecule has 5 aromatic carbocycles. The van der Waals surface area contributed by atoms with E-state index in [4.69, 9.17) is 14.2 Å². The maximum atomic E-state index is 12.3. The Morgan fingerprint density at radius 1 is 0.512 bits per heavy atom. The Morgan fingerprint density at radius 2 is 0.907 bits per heavy atom. The van der Waals surface area contributed by atoms with Gasteiger partial charge in [0.05, 0.1) is 0 Å². The van der Waals surface area contributed by atoms with Gasteiger partial charge in [-0.2, -0.15) is 0 Å². The summed E-state index contributed by atoms with van der Waals surface area (Å²) in [7, 11) is 0. The molecule has 0 spiro atoms. The van der Waals surface area contributed by atoms with Crippen LogP contribution in [0.25, 0.3) is 21.5 Å². The van der Waals surface area contributed by atoms with Crippen molar-refractivity contribution in [3.05, 3.63) is 114 Å². The van der Waals surface area contributed by atoms with Gasteiger partial charge in [0.1, 0.15) is 17.2 Å². The lowest BCUT2D eigenvalue weighted by Crippen LogP contribution is -2.26. The predicted octanol–water partition coefficient (Wildman–Crippen LogP) is 8.29. The maximum absolute atomic E-state index is 12.3. The van der Waals surface area contributed by atoms with Gasteiger partial charge in [-0.15, -0.1) is 0 Å². The monoisotopic (exact) mass is 574 g/mol. The molecular formula is C37H34O6. The van der Waals surface area contributed by atoms with Crippen molar-refractivity contribution in [2.24, 2.45) is 0 Å². The summed E-state index contributed by atoms with van der Waals surface area (Å²) in [5.41, 5.74) is 2.19. The molecule has 0 saturated carbocycles. The molecule has 0 aliphatic heterocycles. The third-order valence-electron chi connectivity index (χ3n) is 7.82. The van der Waals surface area contributed by atoms with E-state index in [1.54, 1.807) is 45.0 Å². The number of esters is 3. The fourth-order valence-corrected chi connectivity index (χ4v) is 5.52. The fourth-order valence-electron chi connectivity index (χ4n) is 5.52. The molecule has 43 heavy (non-hydrogen) atoms. The lowest BCUT2D eigenvalue weighted by Gasteiger charge is -2.34. The molecule has 6 nitrogen and oxygen atoms in total. The van der Waals surface area contributed by atoms with Crippen LogP contribution in [0.5, 0.6) is 17.2 Å². The van der Waals surface area contributed by atoms with Crippen LogP contribution in [-0.4, -0.2) is 17.9 Å². The molecule has 0 aliphatic rings. The molecule has 0 saturated heterocycles. The van der Waals surface area contributed by atoms with E-state index in [1.807, 2.05) is 60.7 Å². The summed E-state index contributed by atoms with van der Waals surface area (Å²) in [5.74, 6) is 0.560. The Bertz CT molecular complexity index is 1720. The zero-order valence-electron chi connectivity index (χ0n) is 24.8. The van der Waals surface area contributed by atoms with E-state index in [2.05, 4.69) is 19.1 Å². The molecule has 0 N–H and O–H groups in total. The molecule has 0 bridgehead atoms. The molecule has 0 fully saturated rings. The number of carbonyl (C=O) groups is 3. The highest BCUT2D eigenvalue weighted by Gasteiger charge is 2.35. The van der Waals surface area contributed by atoms with Crippen molar-refractivity contribution < 1.29 is 28.6 Å². The second kappa shape index (κ2) is 12.5. The van der Waals surface area contributed by atoms with Gasteiger partial charge in [0.15, 0.2) is 0 Å². The number of hydrogen-bond donors (Lipinski definition) is 0. The highest BCUT2D eigenvalue weighted by Crippen LogP contribution is 2.46. The van der Waals surface area contributed by atoms with Gasteiger partial charge in [0.2, 0.25) is 0 Å².